The first-order valence-electron chi connectivity index (χ1n) is 10.9. The first kappa shape index (κ1) is 21.1. The van der Waals surface area contributed by atoms with Crippen molar-refractivity contribution in [3.8, 4) is 11.5 Å². The molecule has 5 nitrogen and oxygen atoms in total. The summed E-state index contributed by atoms with van der Waals surface area (Å²) in [6.45, 7) is 5.35. The highest BCUT2D eigenvalue weighted by Gasteiger charge is 2.32. The molecule has 7 heteroatoms. The first-order valence-corrected chi connectivity index (χ1v) is 10.9. The van der Waals surface area contributed by atoms with Crippen LogP contribution < -0.4 is 4.74 Å². The summed E-state index contributed by atoms with van der Waals surface area (Å²) < 4.78 is 33.7. The fourth-order valence-electron chi connectivity index (χ4n) is 4.34. The number of piperazine rings is 1. The smallest absolute Gasteiger partial charge is 0.257 e. The van der Waals surface area contributed by atoms with Crippen molar-refractivity contribution in [1.82, 2.24) is 9.80 Å². The van der Waals surface area contributed by atoms with E-state index in [4.69, 9.17) is 9.73 Å². The summed E-state index contributed by atoms with van der Waals surface area (Å²) in [7, 11) is 0. The molecule has 0 spiro atoms. The molecular weight excluding hydrogens is 424 g/mol. The number of nitrogens with zero attached hydrogens (tertiary/aromatic N) is 3. The Morgan fingerprint density at radius 3 is 2.64 bits per heavy atom. The molecule has 2 aliphatic heterocycles. The minimum absolute atomic E-state index is 0.119. The van der Waals surface area contributed by atoms with Crippen molar-refractivity contribution in [2.24, 2.45) is 4.99 Å². The summed E-state index contributed by atoms with van der Waals surface area (Å²) in [4.78, 5) is 21.7. The number of aryl methyl sites for hydroxylation is 1. The quantitative estimate of drug-likeness (QED) is 0.508. The minimum atomic E-state index is -0.847. The number of carbonyl (C=O) groups excluding carboxylic acids is 1. The van der Waals surface area contributed by atoms with Crippen LogP contribution in [-0.2, 0) is 0 Å². The van der Waals surface area contributed by atoms with Crippen LogP contribution in [0.2, 0.25) is 0 Å². The molecule has 0 saturated carbocycles. The molecule has 2 heterocycles. The van der Waals surface area contributed by atoms with Crippen LogP contribution in [0, 0.1) is 18.6 Å². The largest absolute Gasteiger partial charge is 0.454 e. The van der Waals surface area contributed by atoms with E-state index < -0.39 is 17.5 Å². The summed E-state index contributed by atoms with van der Waals surface area (Å²) in [5.74, 6) is 0.212. The number of rotatable bonds is 1. The van der Waals surface area contributed by atoms with E-state index in [2.05, 4.69) is 4.90 Å². The Hall–Kier alpha value is -3.74. The van der Waals surface area contributed by atoms with Crippen LogP contribution in [0.25, 0.3) is 0 Å². The first-order chi connectivity index (χ1) is 15.9. The Bertz CT molecular complexity index is 1270. The molecule has 3 aromatic rings. The molecule has 5 rings (SSSR count). The van der Waals surface area contributed by atoms with Crippen LogP contribution in [0.1, 0.15) is 28.4 Å². The second kappa shape index (κ2) is 8.31. The lowest BCUT2D eigenvalue weighted by molar-refractivity contribution is 0.0576. The van der Waals surface area contributed by atoms with Crippen molar-refractivity contribution in [2.75, 3.05) is 19.6 Å². The standard InChI is InChI=1S/C26H23F2N3O2/c1-16-7-10-22-24(13-16)33-23-6-4-3-5-20(23)25(29-22)30-11-12-31(17(2)15-30)26(32)19-9-8-18(27)14-21(19)28/h3-10,13-14,17H,11-12,15H2,1-2H3/t17-/m1/s1. The molecule has 0 N–H and O–H groups in total. The predicted molar refractivity (Wildman–Crippen MR) is 122 cm³/mol. The van der Waals surface area contributed by atoms with Crippen molar-refractivity contribution in [1.29, 1.82) is 0 Å². The highest BCUT2D eigenvalue weighted by atomic mass is 19.1. The van der Waals surface area contributed by atoms with Gasteiger partial charge in [-0.15, -0.1) is 0 Å². The highest BCUT2D eigenvalue weighted by Crippen LogP contribution is 2.39. The molecule has 0 radical (unpaired) electrons. The number of fused-ring (bicyclic) bond motifs is 2. The van der Waals surface area contributed by atoms with Crippen LogP contribution >= 0.6 is 0 Å². The SMILES string of the molecule is Cc1ccc2c(c1)Oc1ccccc1C(N1CCN(C(=O)c3ccc(F)cc3F)[C@H](C)C1)=N2. The Morgan fingerprint density at radius 1 is 1.03 bits per heavy atom. The van der Waals surface area contributed by atoms with Gasteiger partial charge in [-0.25, -0.2) is 13.8 Å². The third kappa shape index (κ3) is 3.95. The number of hydrogen-bond donors (Lipinski definition) is 0. The number of para-hydroxylation sites is 1. The van der Waals surface area contributed by atoms with Crippen LogP contribution in [0.15, 0.2) is 65.7 Å². The number of aliphatic imine (C=N–C) groups is 1. The van der Waals surface area contributed by atoms with Crippen molar-refractivity contribution >= 4 is 17.4 Å². The minimum Gasteiger partial charge on any atom is -0.454 e. The van der Waals surface area contributed by atoms with Crippen LogP contribution in [0.3, 0.4) is 0 Å². The Balaban J connectivity index is 1.45. The van der Waals surface area contributed by atoms with E-state index in [-0.39, 0.29) is 11.6 Å². The molecule has 1 atom stereocenters. The van der Waals surface area contributed by atoms with E-state index in [1.54, 1.807) is 4.90 Å². The van der Waals surface area contributed by atoms with Gasteiger partial charge >= 0.3 is 0 Å². The van der Waals surface area contributed by atoms with E-state index in [1.807, 2.05) is 56.3 Å². The molecule has 168 valence electrons. The fraction of sp³-hybridized carbons (Fsp3) is 0.231. The van der Waals surface area contributed by atoms with Gasteiger partial charge in [0, 0.05) is 31.7 Å². The Morgan fingerprint density at radius 2 is 1.85 bits per heavy atom. The van der Waals surface area contributed by atoms with Gasteiger partial charge in [0.2, 0.25) is 0 Å². The third-order valence-electron chi connectivity index (χ3n) is 6.04. The van der Waals surface area contributed by atoms with Crippen LogP contribution in [-0.4, -0.2) is 47.2 Å². The molecule has 2 aliphatic rings. The number of halogens is 2. The summed E-state index contributed by atoms with van der Waals surface area (Å²) in [5, 5.41) is 0. The van der Waals surface area contributed by atoms with Gasteiger partial charge < -0.3 is 14.5 Å². The maximum Gasteiger partial charge on any atom is 0.257 e. The average Bonchev–Trinajstić information content (AvgIpc) is 2.95. The van der Waals surface area contributed by atoms with Gasteiger partial charge in [0.15, 0.2) is 5.75 Å². The summed E-state index contributed by atoms with van der Waals surface area (Å²) >= 11 is 0. The number of amides is 1. The van der Waals surface area contributed by atoms with E-state index >= 15 is 0 Å². The molecular formula is C26H23F2N3O2. The molecule has 0 unspecified atom stereocenters. The van der Waals surface area contributed by atoms with E-state index in [0.717, 1.165) is 40.5 Å². The fourth-order valence-corrected chi connectivity index (χ4v) is 4.34. The maximum atomic E-state index is 14.2. The third-order valence-corrected chi connectivity index (χ3v) is 6.04. The highest BCUT2D eigenvalue weighted by molar-refractivity contribution is 6.04. The summed E-state index contributed by atoms with van der Waals surface area (Å²) in [5.41, 5.74) is 2.58. The van der Waals surface area contributed by atoms with Gasteiger partial charge in [-0.1, -0.05) is 18.2 Å². The van der Waals surface area contributed by atoms with Gasteiger partial charge in [-0.05, 0) is 55.8 Å². The number of amidine groups is 1. The lowest BCUT2D eigenvalue weighted by atomic mass is 10.1. The van der Waals surface area contributed by atoms with Gasteiger partial charge in [0.25, 0.3) is 5.91 Å². The van der Waals surface area contributed by atoms with Gasteiger partial charge in [0.1, 0.15) is 28.9 Å². The van der Waals surface area contributed by atoms with Crippen molar-refractivity contribution in [2.45, 2.75) is 19.9 Å². The molecule has 0 aliphatic carbocycles. The lowest BCUT2D eigenvalue weighted by Gasteiger charge is -2.41. The molecule has 33 heavy (non-hydrogen) atoms. The number of carbonyl (C=O) groups is 1. The van der Waals surface area contributed by atoms with E-state index in [1.165, 1.54) is 6.07 Å². The number of ether oxygens (including phenoxy) is 1. The zero-order chi connectivity index (χ0) is 23.1. The predicted octanol–water partition coefficient (Wildman–Crippen LogP) is 5.30. The zero-order valence-corrected chi connectivity index (χ0v) is 18.4. The molecule has 0 aromatic heterocycles. The zero-order valence-electron chi connectivity index (χ0n) is 18.4. The van der Waals surface area contributed by atoms with E-state index in [0.29, 0.717) is 25.4 Å². The number of hydrogen-bond acceptors (Lipinski definition) is 4. The molecule has 1 fully saturated rings. The van der Waals surface area contributed by atoms with Crippen LogP contribution in [0.5, 0.6) is 11.5 Å². The molecule has 0 bridgehead atoms. The molecule has 1 saturated heterocycles. The topological polar surface area (TPSA) is 45.1 Å². The maximum absolute atomic E-state index is 14.2. The molecule has 1 amide bonds. The second-order valence-electron chi connectivity index (χ2n) is 8.42. The van der Waals surface area contributed by atoms with Crippen LogP contribution in [0.4, 0.5) is 14.5 Å². The second-order valence-corrected chi connectivity index (χ2v) is 8.42. The summed E-state index contributed by atoms with van der Waals surface area (Å²) in [6.07, 6.45) is 0. The van der Waals surface area contributed by atoms with Gasteiger partial charge in [0.05, 0.1) is 11.1 Å². The monoisotopic (exact) mass is 447 g/mol. The average molecular weight is 447 g/mol. The normalized spacial score (nSPS) is 17.5. The Kier molecular flexibility index (Phi) is 5.32. The van der Waals surface area contributed by atoms with Gasteiger partial charge in [-0.3, -0.25) is 4.79 Å². The van der Waals surface area contributed by atoms with Crippen molar-refractivity contribution in [3.05, 3.63) is 89.0 Å². The summed E-state index contributed by atoms with van der Waals surface area (Å²) in [6, 6.07) is 16.5. The molecule has 3 aromatic carbocycles. The van der Waals surface area contributed by atoms with Crippen molar-refractivity contribution < 1.29 is 18.3 Å². The van der Waals surface area contributed by atoms with E-state index in [9.17, 15) is 13.6 Å². The Labute approximate surface area is 190 Å². The number of benzene rings is 3. The lowest BCUT2D eigenvalue weighted by Crippen LogP contribution is -2.55. The van der Waals surface area contributed by atoms with Gasteiger partial charge in [-0.2, -0.15) is 0 Å². The van der Waals surface area contributed by atoms with Crippen molar-refractivity contribution in [3.63, 3.8) is 0 Å².